The van der Waals surface area contributed by atoms with Crippen LogP contribution >= 0.6 is 7.60 Å². The molecule has 1 N–H and O–H groups in total. The maximum Gasteiger partial charge on any atom is 0.361 e. The quantitative estimate of drug-likeness (QED) is 0.398. The number of fused-ring (bicyclic) bond motifs is 1. The Morgan fingerprint density at radius 3 is 2.61 bits per heavy atom. The number of pyridine rings is 1. The van der Waals surface area contributed by atoms with Crippen LogP contribution in [0, 0.1) is 17.8 Å². The first kappa shape index (κ1) is 23.7. The van der Waals surface area contributed by atoms with Crippen LogP contribution in [0.1, 0.15) is 25.8 Å². The molecule has 1 unspecified atom stereocenters. The molecule has 2 aromatic rings. The summed E-state index contributed by atoms with van der Waals surface area (Å²) in [6.07, 6.45) is 7.77. The van der Waals surface area contributed by atoms with E-state index in [2.05, 4.69) is 21.3 Å². The number of hydrogen-bond acceptors (Lipinski definition) is 6. The first-order chi connectivity index (χ1) is 16.0. The Kier molecular flexibility index (Phi) is 7.63. The highest BCUT2D eigenvalue weighted by Crippen LogP contribution is 2.54. The van der Waals surface area contributed by atoms with Crippen molar-refractivity contribution in [2.75, 3.05) is 37.7 Å². The van der Waals surface area contributed by atoms with Gasteiger partial charge in [-0.1, -0.05) is 12.1 Å². The lowest BCUT2D eigenvalue weighted by atomic mass is 10.2. The summed E-state index contributed by atoms with van der Waals surface area (Å²) in [6, 6.07) is 11.5. The van der Waals surface area contributed by atoms with Crippen LogP contribution in [-0.4, -0.2) is 43.7 Å². The molecular formula is C25H32N3O4P. The average Bonchev–Trinajstić information content (AvgIpc) is 3.26. The number of anilines is 1. The van der Waals surface area contributed by atoms with Crippen molar-refractivity contribution in [3.63, 3.8) is 0 Å². The summed E-state index contributed by atoms with van der Waals surface area (Å²) in [4.78, 5) is 18.4. The lowest BCUT2D eigenvalue weighted by Crippen LogP contribution is -2.27. The van der Waals surface area contributed by atoms with Crippen molar-refractivity contribution in [2.45, 2.75) is 20.3 Å². The van der Waals surface area contributed by atoms with Crippen molar-refractivity contribution in [3.8, 4) is 0 Å². The van der Waals surface area contributed by atoms with Gasteiger partial charge < -0.3 is 19.3 Å². The van der Waals surface area contributed by atoms with E-state index in [9.17, 15) is 9.36 Å². The molecule has 1 amide bonds. The topological polar surface area (TPSA) is 80.8 Å². The molecule has 1 aromatic carbocycles. The second-order valence-corrected chi connectivity index (χ2v) is 10.5. The summed E-state index contributed by atoms with van der Waals surface area (Å²) in [7, 11) is -3.28. The van der Waals surface area contributed by atoms with Crippen LogP contribution in [0.15, 0.2) is 54.9 Å². The van der Waals surface area contributed by atoms with Crippen molar-refractivity contribution in [3.05, 3.63) is 60.4 Å². The third kappa shape index (κ3) is 5.72. The Labute approximate surface area is 195 Å². The smallest absolute Gasteiger partial charge is 0.361 e. The predicted molar refractivity (Wildman–Crippen MR) is 131 cm³/mol. The van der Waals surface area contributed by atoms with Crippen LogP contribution in [0.4, 0.5) is 5.69 Å². The van der Waals surface area contributed by atoms with Crippen molar-refractivity contribution >= 4 is 30.6 Å². The number of aromatic nitrogens is 1. The Morgan fingerprint density at radius 1 is 1.18 bits per heavy atom. The van der Waals surface area contributed by atoms with Gasteiger partial charge in [-0.25, -0.2) is 0 Å². The number of nitrogens with one attached hydrogen (secondary N) is 1. The number of nitrogens with zero attached hydrogens (tertiary/aromatic N) is 2. The Morgan fingerprint density at radius 2 is 1.94 bits per heavy atom. The third-order valence-electron chi connectivity index (χ3n) is 6.37. The van der Waals surface area contributed by atoms with E-state index in [0.717, 1.165) is 30.8 Å². The molecule has 1 aromatic heterocycles. The van der Waals surface area contributed by atoms with Crippen LogP contribution < -0.4 is 15.5 Å². The van der Waals surface area contributed by atoms with Crippen LogP contribution in [0.3, 0.4) is 0 Å². The molecule has 1 saturated heterocycles. The molecule has 1 saturated carbocycles. The second-order valence-electron chi connectivity index (χ2n) is 8.45. The normalized spacial score (nSPS) is 21.9. The van der Waals surface area contributed by atoms with Crippen LogP contribution in [0.2, 0.25) is 0 Å². The van der Waals surface area contributed by atoms with Gasteiger partial charge in [0.25, 0.3) is 0 Å². The molecule has 0 radical (unpaired) electrons. The fourth-order valence-electron chi connectivity index (χ4n) is 4.74. The van der Waals surface area contributed by atoms with E-state index in [0.29, 0.717) is 42.8 Å². The number of hydrogen-bond donors (Lipinski definition) is 1. The van der Waals surface area contributed by atoms with Gasteiger partial charge in [0.15, 0.2) is 0 Å². The van der Waals surface area contributed by atoms with E-state index >= 15 is 0 Å². The first-order valence-electron chi connectivity index (χ1n) is 11.6. The van der Waals surface area contributed by atoms with Crippen molar-refractivity contribution in [1.29, 1.82) is 0 Å². The number of amides is 1. The molecule has 0 spiro atoms. The van der Waals surface area contributed by atoms with Gasteiger partial charge in [0, 0.05) is 43.8 Å². The van der Waals surface area contributed by atoms with Crippen molar-refractivity contribution < 1.29 is 18.4 Å². The zero-order valence-electron chi connectivity index (χ0n) is 19.2. The summed E-state index contributed by atoms with van der Waals surface area (Å²) in [5.41, 5.74) is 1.97. The highest BCUT2D eigenvalue weighted by atomic mass is 31.2. The minimum atomic E-state index is -3.28. The molecule has 0 bridgehead atoms. The average molecular weight is 470 g/mol. The van der Waals surface area contributed by atoms with E-state index in [4.69, 9.17) is 9.05 Å². The SMILES string of the molecule is CCOP(=O)(OCC)c1cccc(N2C[C@@H]3C(CCNC(=O)/C=C/c4cccnc4)[C@@H]3C2)c1. The number of piperidine rings is 1. The molecular weight excluding hydrogens is 437 g/mol. The van der Waals surface area contributed by atoms with Gasteiger partial charge in [-0.15, -0.1) is 0 Å². The van der Waals surface area contributed by atoms with Crippen molar-refractivity contribution in [2.24, 2.45) is 17.8 Å². The summed E-state index contributed by atoms with van der Waals surface area (Å²) in [5.74, 6) is 1.89. The second kappa shape index (κ2) is 10.6. The molecule has 33 heavy (non-hydrogen) atoms. The molecule has 2 fully saturated rings. The standard InChI is InChI=1S/C25H32N3O4P/c1-3-31-33(30,32-4-2)21-9-5-8-20(15-21)28-17-23-22(24(23)18-28)12-14-27-25(29)11-10-19-7-6-13-26-16-19/h5-11,13,15-16,22-24H,3-4,12,14,17-18H2,1-2H3,(H,27,29)/b11-10+/t22?,23-,24+. The van der Waals surface area contributed by atoms with E-state index in [-0.39, 0.29) is 5.91 Å². The van der Waals surface area contributed by atoms with Crippen LogP contribution in [-0.2, 0) is 18.4 Å². The minimum absolute atomic E-state index is 0.0730. The molecule has 2 aliphatic rings. The molecule has 4 rings (SSSR count). The van der Waals surface area contributed by atoms with E-state index < -0.39 is 7.60 Å². The Balaban J connectivity index is 1.24. The van der Waals surface area contributed by atoms with Crippen LogP contribution in [0.25, 0.3) is 6.08 Å². The first-order valence-corrected chi connectivity index (χ1v) is 13.2. The summed E-state index contributed by atoms with van der Waals surface area (Å²) in [5, 5.41) is 3.60. The number of benzene rings is 1. The number of carbonyl (C=O) groups excluding carboxylic acids is 1. The lowest BCUT2D eigenvalue weighted by Gasteiger charge is -2.24. The Hall–Kier alpha value is -2.47. The highest BCUT2D eigenvalue weighted by Gasteiger charge is 2.54. The Bertz CT molecular complexity index is 1010. The summed E-state index contributed by atoms with van der Waals surface area (Å²) in [6.45, 7) is 6.99. The zero-order valence-corrected chi connectivity index (χ0v) is 20.1. The van der Waals surface area contributed by atoms with E-state index in [1.165, 1.54) is 0 Å². The predicted octanol–water partition coefficient (Wildman–Crippen LogP) is 3.87. The maximum absolute atomic E-state index is 13.1. The molecule has 1 aliphatic carbocycles. The van der Waals surface area contributed by atoms with Gasteiger partial charge in [0.2, 0.25) is 5.91 Å². The number of carbonyl (C=O) groups is 1. The highest BCUT2D eigenvalue weighted by molar-refractivity contribution is 7.62. The fraction of sp³-hybridized carbons (Fsp3) is 0.440. The molecule has 3 atom stereocenters. The zero-order chi connectivity index (χ0) is 23.3. The largest absolute Gasteiger partial charge is 0.371 e. The van der Waals surface area contributed by atoms with Gasteiger partial charge >= 0.3 is 7.60 Å². The number of rotatable bonds is 11. The molecule has 2 heterocycles. The maximum atomic E-state index is 13.1. The van der Waals surface area contributed by atoms with Gasteiger partial charge in [0.05, 0.1) is 18.5 Å². The fourth-order valence-corrected chi connectivity index (χ4v) is 6.35. The van der Waals surface area contributed by atoms with Gasteiger partial charge in [-0.05, 0) is 73.9 Å². The van der Waals surface area contributed by atoms with E-state index in [1.807, 2.05) is 44.2 Å². The third-order valence-corrected chi connectivity index (χ3v) is 8.48. The summed E-state index contributed by atoms with van der Waals surface area (Å²) < 4.78 is 24.1. The molecule has 176 valence electrons. The minimum Gasteiger partial charge on any atom is -0.371 e. The molecule has 8 heteroatoms. The van der Waals surface area contributed by atoms with Crippen molar-refractivity contribution in [1.82, 2.24) is 10.3 Å². The monoisotopic (exact) mass is 469 g/mol. The lowest BCUT2D eigenvalue weighted by molar-refractivity contribution is -0.116. The molecule has 7 nitrogen and oxygen atoms in total. The van der Waals surface area contributed by atoms with Gasteiger partial charge in [-0.3, -0.25) is 14.3 Å². The van der Waals surface area contributed by atoms with Gasteiger partial charge in [-0.2, -0.15) is 0 Å². The van der Waals surface area contributed by atoms with Gasteiger partial charge in [0.1, 0.15) is 0 Å². The summed E-state index contributed by atoms with van der Waals surface area (Å²) >= 11 is 0. The van der Waals surface area contributed by atoms with Crippen LogP contribution in [0.5, 0.6) is 0 Å². The van der Waals surface area contributed by atoms with E-state index in [1.54, 1.807) is 24.5 Å². The molecule has 1 aliphatic heterocycles.